The van der Waals surface area contributed by atoms with Gasteiger partial charge in [-0.2, -0.15) is 0 Å². The number of halogens is 3. The Balaban J connectivity index is 1.51. The van der Waals surface area contributed by atoms with E-state index in [1.54, 1.807) is 12.4 Å². The van der Waals surface area contributed by atoms with Gasteiger partial charge >= 0.3 is 6.36 Å². The monoisotopic (exact) mass is 372 g/mol. The molecule has 0 unspecified atom stereocenters. The predicted molar refractivity (Wildman–Crippen MR) is 84.0 cm³/mol. The number of carbonyl (C=O) groups is 1. The van der Waals surface area contributed by atoms with Crippen molar-refractivity contribution in [2.45, 2.75) is 36.9 Å². The molecule has 2 aromatic rings. The van der Waals surface area contributed by atoms with Crippen LogP contribution >= 0.6 is 11.8 Å². The van der Waals surface area contributed by atoms with Crippen LogP contribution in [0.4, 0.5) is 13.2 Å². The second-order valence-corrected chi connectivity index (χ2v) is 6.42. The van der Waals surface area contributed by atoms with Crippen LogP contribution in [0, 0.1) is 0 Å². The van der Waals surface area contributed by atoms with Crippen LogP contribution in [0.25, 0.3) is 0 Å². The van der Waals surface area contributed by atoms with E-state index in [-0.39, 0.29) is 29.5 Å². The van der Waals surface area contributed by atoms with E-state index in [9.17, 15) is 18.0 Å². The van der Waals surface area contributed by atoms with Gasteiger partial charge in [-0.05, 0) is 18.9 Å². The summed E-state index contributed by atoms with van der Waals surface area (Å²) in [4.78, 5) is 12.0. The summed E-state index contributed by atoms with van der Waals surface area (Å²) in [5, 5.41) is 11.1. The molecule has 3 rings (SSSR count). The molecule has 0 radical (unpaired) electrons. The van der Waals surface area contributed by atoms with Crippen molar-refractivity contribution in [3.8, 4) is 5.75 Å². The fraction of sp³-hybridized carbons (Fsp3) is 0.400. The molecule has 0 spiro atoms. The number of amides is 1. The number of rotatable bonds is 7. The minimum atomic E-state index is -4.77. The maximum Gasteiger partial charge on any atom is 0.573 e. The maximum absolute atomic E-state index is 12.4. The predicted octanol–water partition coefficient (Wildman–Crippen LogP) is 2.92. The minimum absolute atomic E-state index is 0.0546. The quantitative estimate of drug-likeness (QED) is 0.757. The molecule has 0 saturated heterocycles. The van der Waals surface area contributed by atoms with E-state index < -0.39 is 6.36 Å². The summed E-state index contributed by atoms with van der Waals surface area (Å²) in [7, 11) is 0. The lowest BCUT2D eigenvalue weighted by Gasteiger charge is -2.13. The molecule has 1 amide bonds. The van der Waals surface area contributed by atoms with Crippen molar-refractivity contribution in [3.05, 3.63) is 36.2 Å². The number of para-hydroxylation sites is 1. The molecule has 134 valence electrons. The van der Waals surface area contributed by atoms with Crippen molar-refractivity contribution < 1.29 is 22.7 Å². The van der Waals surface area contributed by atoms with Crippen molar-refractivity contribution in [1.82, 2.24) is 20.1 Å². The number of ether oxygens (including phenoxy) is 1. The molecule has 1 N–H and O–H groups in total. The zero-order valence-electron chi connectivity index (χ0n) is 13.0. The average Bonchev–Trinajstić information content (AvgIpc) is 3.29. The number of nitrogens with zero attached hydrogens (tertiary/aromatic N) is 3. The first-order valence-electron chi connectivity index (χ1n) is 7.55. The first-order valence-corrected chi connectivity index (χ1v) is 8.53. The minimum Gasteiger partial charge on any atom is -0.405 e. The lowest BCUT2D eigenvalue weighted by Crippen LogP contribution is -2.26. The van der Waals surface area contributed by atoms with Gasteiger partial charge in [0.05, 0.1) is 5.75 Å². The molecular formula is C15H15F3N4O2S. The van der Waals surface area contributed by atoms with Crippen LogP contribution in [0.2, 0.25) is 0 Å². The normalized spacial score (nSPS) is 14.4. The molecule has 1 aromatic carbocycles. The molecule has 10 heteroatoms. The molecule has 1 saturated carbocycles. The molecule has 25 heavy (non-hydrogen) atoms. The zero-order valence-corrected chi connectivity index (χ0v) is 13.8. The van der Waals surface area contributed by atoms with Crippen molar-refractivity contribution in [1.29, 1.82) is 0 Å². The third-order valence-corrected chi connectivity index (χ3v) is 4.44. The standard InChI is InChI=1S/C15H15F3N4O2S/c16-15(17,18)24-12-4-2-1-3-10(12)7-19-13(23)8-25-14-21-20-9-22(14)11-5-6-11/h1-4,9,11H,5-8H2,(H,19,23). The second kappa shape index (κ2) is 7.34. The molecule has 1 aliphatic carbocycles. The number of carbonyl (C=O) groups excluding carboxylic acids is 1. The third kappa shape index (κ3) is 5.12. The van der Waals surface area contributed by atoms with Gasteiger partial charge in [-0.1, -0.05) is 30.0 Å². The van der Waals surface area contributed by atoms with Crippen LogP contribution in [0.5, 0.6) is 5.75 Å². The van der Waals surface area contributed by atoms with Crippen LogP contribution < -0.4 is 10.1 Å². The second-order valence-electron chi connectivity index (χ2n) is 5.47. The van der Waals surface area contributed by atoms with E-state index in [1.807, 2.05) is 4.57 Å². The summed E-state index contributed by atoms with van der Waals surface area (Å²) >= 11 is 1.25. The highest BCUT2D eigenvalue weighted by Gasteiger charge is 2.32. The van der Waals surface area contributed by atoms with Gasteiger partial charge in [0.1, 0.15) is 12.1 Å². The molecule has 1 fully saturated rings. The highest BCUT2D eigenvalue weighted by Crippen LogP contribution is 2.37. The molecule has 0 aliphatic heterocycles. The van der Waals surface area contributed by atoms with Gasteiger partial charge in [0, 0.05) is 18.2 Å². The Labute approximate surface area is 145 Å². The third-order valence-electron chi connectivity index (χ3n) is 3.49. The van der Waals surface area contributed by atoms with E-state index >= 15 is 0 Å². The zero-order chi connectivity index (χ0) is 17.9. The van der Waals surface area contributed by atoms with Crippen molar-refractivity contribution in [2.24, 2.45) is 0 Å². The SMILES string of the molecule is O=C(CSc1nncn1C1CC1)NCc1ccccc1OC(F)(F)F. The summed E-state index contributed by atoms with van der Waals surface area (Å²) < 4.78 is 43.0. The number of aromatic nitrogens is 3. The van der Waals surface area contributed by atoms with Crippen molar-refractivity contribution >= 4 is 17.7 Å². The maximum atomic E-state index is 12.4. The Morgan fingerprint density at radius 3 is 2.84 bits per heavy atom. The number of alkyl halides is 3. The molecule has 0 bridgehead atoms. The summed E-state index contributed by atoms with van der Waals surface area (Å²) in [6, 6.07) is 6.11. The van der Waals surface area contributed by atoms with Gasteiger partial charge in [0.25, 0.3) is 0 Å². The van der Waals surface area contributed by atoms with E-state index in [0.717, 1.165) is 12.8 Å². The molecular weight excluding hydrogens is 357 g/mol. The molecule has 6 nitrogen and oxygen atoms in total. The van der Waals surface area contributed by atoms with Crippen LogP contribution in [0.1, 0.15) is 24.4 Å². The molecule has 1 heterocycles. The number of hydrogen-bond donors (Lipinski definition) is 1. The Morgan fingerprint density at radius 1 is 1.36 bits per heavy atom. The van der Waals surface area contributed by atoms with Gasteiger partial charge in [-0.25, -0.2) is 0 Å². The first-order chi connectivity index (χ1) is 11.9. The van der Waals surface area contributed by atoms with Gasteiger partial charge in [0.2, 0.25) is 5.91 Å². The molecule has 1 aliphatic rings. The van der Waals surface area contributed by atoms with Crippen LogP contribution in [-0.4, -0.2) is 32.8 Å². The van der Waals surface area contributed by atoms with Crippen molar-refractivity contribution in [2.75, 3.05) is 5.75 Å². The van der Waals surface area contributed by atoms with Gasteiger partial charge in [-0.3, -0.25) is 4.79 Å². The molecule has 1 aromatic heterocycles. The average molecular weight is 372 g/mol. The Morgan fingerprint density at radius 2 is 2.12 bits per heavy atom. The fourth-order valence-electron chi connectivity index (χ4n) is 2.19. The van der Waals surface area contributed by atoms with E-state index in [2.05, 4.69) is 20.3 Å². The van der Waals surface area contributed by atoms with Gasteiger partial charge < -0.3 is 14.6 Å². The largest absolute Gasteiger partial charge is 0.573 e. The highest BCUT2D eigenvalue weighted by molar-refractivity contribution is 7.99. The first kappa shape index (κ1) is 17.6. The van der Waals surface area contributed by atoms with Crippen LogP contribution in [-0.2, 0) is 11.3 Å². The fourth-order valence-corrected chi connectivity index (χ4v) is 3.00. The summed E-state index contributed by atoms with van der Waals surface area (Å²) in [6.45, 7) is -0.0546. The summed E-state index contributed by atoms with van der Waals surface area (Å²) in [5.41, 5.74) is 0.249. The number of nitrogens with one attached hydrogen (secondary N) is 1. The lowest BCUT2D eigenvalue weighted by atomic mass is 10.2. The van der Waals surface area contributed by atoms with Crippen LogP contribution in [0.3, 0.4) is 0 Å². The van der Waals surface area contributed by atoms with Crippen LogP contribution in [0.15, 0.2) is 35.7 Å². The number of benzene rings is 1. The van der Waals surface area contributed by atoms with Gasteiger partial charge in [0.15, 0.2) is 5.16 Å². The highest BCUT2D eigenvalue weighted by atomic mass is 32.2. The van der Waals surface area contributed by atoms with E-state index in [4.69, 9.17) is 0 Å². The molecule has 0 atom stereocenters. The Kier molecular flexibility index (Phi) is 5.16. The van der Waals surface area contributed by atoms with E-state index in [1.165, 1.54) is 30.0 Å². The Bertz CT molecular complexity index is 746. The smallest absolute Gasteiger partial charge is 0.405 e. The summed E-state index contributed by atoms with van der Waals surface area (Å²) in [6.07, 6.45) is -0.979. The van der Waals surface area contributed by atoms with E-state index in [0.29, 0.717) is 11.2 Å². The van der Waals surface area contributed by atoms with Gasteiger partial charge in [-0.15, -0.1) is 23.4 Å². The Hall–Kier alpha value is -2.23. The topological polar surface area (TPSA) is 69.0 Å². The van der Waals surface area contributed by atoms with Crippen molar-refractivity contribution in [3.63, 3.8) is 0 Å². The number of hydrogen-bond acceptors (Lipinski definition) is 5. The lowest BCUT2D eigenvalue weighted by molar-refractivity contribution is -0.274. The summed E-state index contributed by atoms with van der Waals surface area (Å²) in [5.74, 6) is -0.526. The number of thioether (sulfide) groups is 1.